The van der Waals surface area contributed by atoms with Gasteiger partial charge in [0, 0.05) is 29.8 Å². The highest BCUT2D eigenvalue weighted by atomic mass is 35.5. The maximum Gasteiger partial charge on any atom is 0.352 e. The van der Waals surface area contributed by atoms with Gasteiger partial charge in [-0.15, -0.1) is 0 Å². The first-order valence-corrected chi connectivity index (χ1v) is 9.89. The number of rotatable bonds is 5. The smallest absolute Gasteiger partial charge is 0.352 e. The van der Waals surface area contributed by atoms with E-state index in [1.807, 2.05) is 12.1 Å². The van der Waals surface area contributed by atoms with Crippen LogP contribution in [-0.2, 0) is 6.54 Å². The molecule has 3 aromatic rings. The van der Waals surface area contributed by atoms with Crippen molar-refractivity contribution in [2.45, 2.75) is 25.4 Å². The van der Waals surface area contributed by atoms with E-state index < -0.39 is 0 Å². The Morgan fingerprint density at radius 1 is 1.07 bits per heavy atom. The third-order valence-corrected chi connectivity index (χ3v) is 5.30. The van der Waals surface area contributed by atoms with E-state index in [1.165, 1.54) is 23.0 Å². The fourth-order valence-corrected chi connectivity index (χ4v) is 3.56. The molecule has 1 aliphatic rings. The van der Waals surface area contributed by atoms with Crippen molar-refractivity contribution in [1.82, 2.24) is 14.5 Å². The molecule has 0 spiro atoms. The Balaban J connectivity index is 1.34. The SMILES string of the molecule is O=c1nc(NC2CCN(c3ccc(F)cc3)CC2)ncn1Cc1ccc(Cl)cc1. The van der Waals surface area contributed by atoms with Crippen LogP contribution in [-0.4, -0.2) is 33.7 Å². The molecule has 2 aromatic carbocycles. The monoisotopic (exact) mass is 413 g/mol. The molecule has 1 saturated heterocycles. The van der Waals surface area contributed by atoms with Gasteiger partial charge in [0.05, 0.1) is 6.54 Å². The van der Waals surface area contributed by atoms with Gasteiger partial charge in [-0.05, 0) is 54.8 Å². The molecule has 0 saturated carbocycles. The lowest BCUT2D eigenvalue weighted by molar-refractivity contribution is 0.522. The molecule has 1 aromatic heterocycles. The number of anilines is 2. The maximum absolute atomic E-state index is 13.1. The first kappa shape index (κ1) is 19.4. The molecule has 1 N–H and O–H groups in total. The number of hydrogen-bond donors (Lipinski definition) is 1. The molecule has 8 heteroatoms. The summed E-state index contributed by atoms with van der Waals surface area (Å²) in [5, 5.41) is 3.92. The number of nitrogens with one attached hydrogen (secondary N) is 1. The first-order chi connectivity index (χ1) is 14.1. The van der Waals surface area contributed by atoms with Crippen molar-refractivity contribution in [2.75, 3.05) is 23.3 Å². The van der Waals surface area contributed by atoms with Gasteiger partial charge in [0.25, 0.3) is 0 Å². The fourth-order valence-electron chi connectivity index (χ4n) is 3.44. The number of piperidine rings is 1. The molecule has 0 unspecified atom stereocenters. The average Bonchev–Trinajstić information content (AvgIpc) is 2.73. The van der Waals surface area contributed by atoms with Crippen molar-refractivity contribution in [1.29, 1.82) is 0 Å². The largest absolute Gasteiger partial charge is 0.371 e. The molecule has 0 atom stereocenters. The molecular weight excluding hydrogens is 393 g/mol. The molecule has 4 rings (SSSR count). The van der Waals surface area contributed by atoms with Crippen LogP contribution in [0.2, 0.25) is 5.02 Å². The van der Waals surface area contributed by atoms with E-state index in [1.54, 1.807) is 24.3 Å². The normalized spacial score (nSPS) is 14.8. The van der Waals surface area contributed by atoms with E-state index in [0.29, 0.717) is 17.5 Å². The third-order valence-electron chi connectivity index (χ3n) is 5.05. The molecule has 0 amide bonds. The summed E-state index contributed by atoms with van der Waals surface area (Å²) < 4.78 is 14.5. The van der Waals surface area contributed by atoms with Gasteiger partial charge in [0.15, 0.2) is 0 Å². The van der Waals surface area contributed by atoms with E-state index >= 15 is 0 Å². The Morgan fingerprint density at radius 2 is 1.76 bits per heavy atom. The second-order valence-corrected chi connectivity index (χ2v) is 7.54. The standard InChI is InChI=1S/C21H21ClFN5O/c22-16-3-1-15(2-4-16)13-28-14-24-20(26-21(28)29)25-18-9-11-27(12-10-18)19-7-5-17(23)6-8-19/h1-8,14,18H,9-13H2,(H,25,26,29). The Bertz CT molecular complexity index is 1010. The van der Waals surface area contributed by atoms with Gasteiger partial charge in [-0.1, -0.05) is 23.7 Å². The Kier molecular flexibility index (Phi) is 5.76. The van der Waals surface area contributed by atoms with Crippen LogP contribution in [0.1, 0.15) is 18.4 Å². The molecular formula is C21H21ClFN5O. The summed E-state index contributed by atoms with van der Waals surface area (Å²) in [5.74, 6) is 0.121. The second kappa shape index (κ2) is 8.61. The van der Waals surface area contributed by atoms with E-state index in [4.69, 9.17) is 11.6 Å². The van der Waals surface area contributed by atoms with Gasteiger partial charge in [-0.3, -0.25) is 4.57 Å². The van der Waals surface area contributed by atoms with Gasteiger partial charge in [0.2, 0.25) is 5.95 Å². The van der Waals surface area contributed by atoms with Crippen molar-refractivity contribution >= 4 is 23.2 Å². The van der Waals surface area contributed by atoms with Crippen molar-refractivity contribution in [2.24, 2.45) is 0 Å². The maximum atomic E-state index is 13.1. The summed E-state index contributed by atoms with van der Waals surface area (Å²) in [6, 6.07) is 14.1. The average molecular weight is 414 g/mol. The molecule has 6 nitrogen and oxygen atoms in total. The van der Waals surface area contributed by atoms with Crippen molar-refractivity contribution in [3.63, 3.8) is 0 Å². The highest BCUT2D eigenvalue weighted by Gasteiger charge is 2.20. The quantitative estimate of drug-likeness (QED) is 0.693. The Hall–Kier alpha value is -2.93. The van der Waals surface area contributed by atoms with Crippen molar-refractivity contribution < 1.29 is 4.39 Å². The van der Waals surface area contributed by atoms with Crippen LogP contribution in [0.25, 0.3) is 0 Å². The lowest BCUT2D eigenvalue weighted by Gasteiger charge is -2.33. The summed E-state index contributed by atoms with van der Waals surface area (Å²) >= 11 is 5.89. The predicted molar refractivity (Wildman–Crippen MR) is 112 cm³/mol. The van der Waals surface area contributed by atoms with E-state index in [9.17, 15) is 9.18 Å². The van der Waals surface area contributed by atoms with Crippen LogP contribution < -0.4 is 15.9 Å². The van der Waals surface area contributed by atoms with E-state index in [-0.39, 0.29) is 17.5 Å². The van der Waals surface area contributed by atoms with Gasteiger partial charge in [-0.25, -0.2) is 14.2 Å². The molecule has 1 fully saturated rings. The van der Waals surface area contributed by atoms with Crippen LogP contribution >= 0.6 is 11.6 Å². The summed E-state index contributed by atoms with van der Waals surface area (Å²) in [6.45, 7) is 2.08. The number of hydrogen-bond acceptors (Lipinski definition) is 5. The van der Waals surface area contributed by atoms with Gasteiger partial charge >= 0.3 is 5.69 Å². The minimum Gasteiger partial charge on any atom is -0.371 e. The molecule has 2 heterocycles. The molecule has 0 bridgehead atoms. The van der Waals surface area contributed by atoms with Crippen LogP contribution in [0.3, 0.4) is 0 Å². The number of aromatic nitrogens is 3. The minimum atomic E-state index is -0.346. The molecule has 1 aliphatic heterocycles. The fraction of sp³-hybridized carbons (Fsp3) is 0.286. The zero-order valence-corrected chi connectivity index (χ0v) is 16.5. The number of nitrogens with zero attached hydrogens (tertiary/aromatic N) is 4. The van der Waals surface area contributed by atoms with E-state index in [2.05, 4.69) is 20.2 Å². The summed E-state index contributed by atoms with van der Waals surface area (Å²) in [7, 11) is 0. The Morgan fingerprint density at radius 3 is 2.41 bits per heavy atom. The van der Waals surface area contributed by atoms with Crippen LogP contribution in [0.4, 0.5) is 16.0 Å². The van der Waals surface area contributed by atoms with Crippen LogP contribution in [0.15, 0.2) is 59.7 Å². The van der Waals surface area contributed by atoms with Crippen molar-refractivity contribution in [3.8, 4) is 0 Å². The lowest BCUT2D eigenvalue weighted by Crippen LogP contribution is -2.40. The van der Waals surface area contributed by atoms with Gasteiger partial charge < -0.3 is 10.2 Å². The molecule has 0 radical (unpaired) electrons. The van der Waals surface area contributed by atoms with E-state index in [0.717, 1.165) is 37.2 Å². The topological polar surface area (TPSA) is 63.1 Å². The summed E-state index contributed by atoms with van der Waals surface area (Å²) in [5.41, 5.74) is 1.63. The van der Waals surface area contributed by atoms with Crippen molar-refractivity contribution in [3.05, 3.63) is 81.7 Å². The third kappa shape index (κ3) is 4.92. The lowest BCUT2D eigenvalue weighted by atomic mass is 10.0. The van der Waals surface area contributed by atoms with Crippen LogP contribution in [0.5, 0.6) is 0 Å². The summed E-state index contributed by atoms with van der Waals surface area (Å²) in [4.78, 5) is 22.9. The highest BCUT2D eigenvalue weighted by molar-refractivity contribution is 6.30. The Labute approximate surface area is 173 Å². The highest BCUT2D eigenvalue weighted by Crippen LogP contribution is 2.21. The zero-order chi connectivity index (χ0) is 20.2. The zero-order valence-electron chi connectivity index (χ0n) is 15.8. The van der Waals surface area contributed by atoms with Gasteiger partial charge in [-0.2, -0.15) is 4.98 Å². The predicted octanol–water partition coefficient (Wildman–Crippen LogP) is 3.56. The summed E-state index contributed by atoms with van der Waals surface area (Å²) in [6.07, 6.45) is 3.28. The second-order valence-electron chi connectivity index (χ2n) is 7.10. The molecule has 150 valence electrons. The first-order valence-electron chi connectivity index (χ1n) is 9.52. The molecule has 0 aliphatic carbocycles. The molecule has 29 heavy (non-hydrogen) atoms. The minimum absolute atomic E-state index is 0.193. The number of halogens is 2. The number of benzene rings is 2. The van der Waals surface area contributed by atoms with Crippen LogP contribution in [0, 0.1) is 5.82 Å². The van der Waals surface area contributed by atoms with Gasteiger partial charge in [0.1, 0.15) is 12.1 Å².